The quantitative estimate of drug-likeness (QED) is 0.333. The highest BCUT2D eigenvalue weighted by molar-refractivity contribution is 9.10. The van der Waals surface area contributed by atoms with Gasteiger partial charge in [-0.15, -0.1) is 0 Å². The van der Waals surface area contributed by atoms with E-state index in [9.17, 15) is 13.2 Å². The summed E-state index contributed by atoms with van der Waals surface area (Å²) in [5.41, 5.74) is 1.23. The number of nitrogens with one attached hydrogen (secondary N) is 2. The Morgan fingerprint density at radius 3 is 2.69 bits per heavy atom. The Morgan fingerprint density at radius 2 is 1.91 bits per heavy atom. The Morgan fingerprint density at radius 1 is 1.11 bits per heavy atom. The molecular formula is C24H20BrClN2O6S. The number of hydrogen-bond donors (Lipinski definition) is 2. The number of carbonyl (C=O) groups excluding carboxylic acids is 1. The Hall–Kier alpha value is -3.21. The molecule has 0 aliphatic carbocycles. The summed E-state index contributed by atoms with van der Waals surface area (Å²) in [6.45, 7) is 2.49. The summed E-state index contributed by atoms with van der Waals surface area (Å²) in [5.74, 6) is 1.35. The Balaban J connectivity index is 1.47. The molecule has 0 bridgehead atoms. The molecule has 11 heteroatoms. The van der Waals surface area contributed by atoms with Crippen molar-refractivity contribution in [2.75, 3.05) is 23.4 Å². The first-order valence-corrected chi connectivity index (χ1v) is 13.0. The van der Waals surface area contributed by atoms with Gasteiger partial charge in [0.2, 0.25) is 12.7 Å². The molecular weight excluding hydrogens is 560 g/mol. The van der Waals surface area contributed by atoms with Crippen molar-refractivity contribution in [1.29, 1.82) is 0 Å². The van der Waals surface area contributed by atoms with Crippen molar-refractivity contribution in [3.63, 3.8) is 0 Å². The van der Waals surface area contributed by atoms with Crippen molar-refractivity contribution in [3.05, 3.63) is 75.7 Å². The summed E-state index contributed by atoms with van der Waals surface area (Å²) in [5, 5.41) is 2.80. The third-order valence-corrected chi connectivity index (χ3v) is 7.14. The number of ether oxygens (including phenoxy) is 3. The lowest BCUT2D eigenvalue weighted by atomic mass is 10.2. The molecule has 1 amide bonds. The van der Waals surface area contributed by atoms with Gasteiger partial charge in [0.15, 0.2) is 11.5 Å². The van der Waals surface area contributed by atoms with Crippen molar-refractivity contribution in [1.82, 2.24) is 0 Å². The SMILES string of the molecule is CCOc1ccc(NS(=O)(=O)c2ccc(Cl)c(NC(=O)C=Cc3ccc4c(c3)OCO4)c2)cc1Br. The normalized spacial score (nSPS) is 12.5. The van der Waals surface area contributed by atoms with E-state index in [4.69, 9.17) is 25.8 Å². The van der Waals surface area contributed by atoms with E-state index < -0.39 is 15.9 Å². The van der Waals surface area contributed by atoms with Crippen LogP contribution in [0.15, 0.2) is 70.0 Å². The van der Waals surface area contributed by atoms with Crippen LogP contribution in [-0.2, 0) is 14.8 Å². The molecule has 2 N–H and O–H groups in total. The topological polar surface area (TPSA) is 103 Å². The van der Waals surface area contributed by atoms with Gasteiger partial charge in [-0.1, -0.05) is 17.7 Å². The number of sulfonamides is 1. The smallest absolute Gasteiger partial charge is 0.261 e. The molecule has 0 unspecified atom stereocenters. The van der Waals surface area contributed by atoms with Gasteiger partial charge in [-0.25, -0.2) is 8.42 Å². The summed E-state index contributed by atoms with van der Waals surface area (Å²) in [7, 11) is -3.96. The molecule has 1 aliphatic rings. The lowest BCUT2D eigenvalue weighted by Crippen LogP contribution is -2.14. The standard InChI is InChI=1S/C24H20BrClN2O6S/c1-2-32-21-9-5-16(12-18(21)25)28-35(30,31)17-6-7-19(26)20(13-17)27-24(29)10-4-15-3-8-22-23(11-15)34-14-33-22/h3-13,28H,2,14H2,1H3,(H,27,29). The third-order valence-electron chi connectivity index (χ3n) is 4.81. The lowest BCUT2D eigenvalue weighted by molar-refractivity contribution is -0.111. The molecule has 1 aliphatic heterocycles. The first kappa shape index (κ1) is 24.9. The van der Waals surface area contributed by atoms with Crippen LogP contribution in [-0.4, -0.2) is 27.7 Å². The molecule has 3 aromatic carbocycles. The van der Waals surface area contributed by atoms with Gasteiger partial charge in [0.05, 0.1) is 32.4 Å². The van der Waals surface area contributed by atoms with Gasteiger partial charge in [-0.3, -0.25) is 9.52 Å². The van der Waals surface area contributed by atoms with Crippen LogP contribution in [0.4, 0.5) is 11.4 Å². The van der Waals surface area contributed by atoms with Crippen molar-refractivity contribution in [3.8, 4) is 17.2 Å². The summed E-state index contributed by atoms with van der Waals surface area (Å²) >= 11 is 9.56. The predicted octanol–water partition coefficient (Wildman–Crippen LogP) is 5.68. The molecule has 1 heterocycles. The number of hydrogen-bond acceptors (Lipinski definition) is 6. The van der Waals surface area contributed by atoms with Gasteiger partial charge in [0.25, 0.3) is 10.0 Å². The number of carbonyl (C=O) groups is 1. The first-order valence-electron chi connectivity index (χ1n) is 10.4. The van der Waals surface area contributed by atoms with Crippen LogP contribution in [0.5, 0.6) is 17.2 Å². The number of halogens is 2. The van der Waals surface area contributed by atoms with Crippen LogP contribution in [0.25, 0.3) is 6.08 Å². The highest BCUT2D eigenvalue weighted by Crippen LogP contribution is 2.33. The van der Waals surface area contributed by atoms with E-state index >= 15 is 0 Å². The van der Waals surface area contributed by atoms with Crippen molar-refractivity contribution in [2.24, 2.45) is 0 Å². The largest absolute Gasteiger partial charge is 0.493 e. The van der Waals surface area contributed by atoms with Crippen LogP contribution in [0.3, 0.4) is 0 Å². The highest BCUT2D eigenvalue weighted by atomic mass is 79.9. The number of anilines is 2. The van der Waals surface area contributed by atoms with Crippen LogP contribution < -0.4 is 24.2 Å². The van der Waals surface area contributed by atoms with Crippen LogP contribution >= 0.6 is 27.5 Å². The second kappa shape index (κ2) is 10.6. The third kappa shape index (κ3) is 6.08. The van der Waals surface area contributed by atoms with Gasteiger partial charge >= 0.3 is 0 Å². The highest BCUT2D eigenvalue weighted by Gasteiger charge is 2.18. The molecule has 0 spiro atoms. The summed E-state index contributed by atoms with van der Waals surface area (Å²) in [6.07, 6.45) is 2.90. The van der Waals surface area contributed by atoms with E-state index in [1.807, 2.05) is 6.92 Å². The lowest BCUT2D eigenvalue weighted by Gasteiger charge is -2.12. The maximum atomic E-state index is 12.9. The maximum absolute atomic E-state index is 12.9. The molecule has 0 saturated carbocycles. The van der Waals surface area contributed by atoms with E-state index in [2.05, 4.69) is 26.0 Å². The molecule has 0 radical (unpaired) electrons. The van der Waals surface area contributed by atoms with Crippen LogP contribution in [0, 0.1) is 0 Å². The molecule has 8 nitrogen and oxygen atoms in total. The maximum Gasteiger partial charge on any atom is 0.261 e. The predicted molar refractivity (Wildman–Crippen MR) is 138 cm³/mol. The van der Waals surface area contributed by atoms with Gasteiger partial charge in [0.1, 0.15) is 5.75 Å². The van der Waals surface area contributed by atoms with Gasteiger partial charge < -0.3 is 19.5 Å². The van der Waals surface area contributed by atoms with E-state index in [0.29, 0.717) is 34.0 Å². The van der Waals surface area contributed by atoms with E-state index in [1.54, 1.807) is 42.5 Å². The van der Waals surface area contributed by atoms with E-state index in [1.165, 1.54) is 24.3 Å². The minimum Gasteiger partial charge on any atom is -0.493 e. The molecule has 0 fully saturated rings. The fourth-order valence-electron chi connectivity index (χ4n) is 3.18. The fourth-order valence-corrected chi connectivity index (χ4v) is 4.91. The van der Waals surface area contributed by atoms with Crippen LogP contribution in [0.2, 0.25) is 5.02 Å². The molecule has 0 aromatic heterocycles. The first-order chi connectivity index (χ1) is 16.7. The molecule has 3 aromatic rings. The molecule has 0 atom stereocenters. The summed E-state index contributed by atoms with van der Waals surface area (Å²) in [4.78, 5) is 12.4. The molecule has 35 heavy (non-hydrogen) atoms. The number of benzene rings is 3. The zero-order valence-electron chi connectivity index (χ0n) is 18.4. The Labute approximate surface area is 216 Å². The Kier molecular flexibility index (Phi) is 7.54. The molecule has 4 rings (SSSR count). The molecule has 0 saturated heterocycles. The zero-order chi connectivity index (χ0) is 25.0. The van der Waals surface area contributed by atoms with E-state index in [0.717, 1.165) is 5.56 Å². The zero-order valence-corrected chi connectivity index (χ0v) is 21.5. The second-order valence-electron chi connectivity index (χ2n) is 7.26. The van der Waals surface area contributed by atoms with Crippen molar-refractivity contribution < 1.29 is 27.4 Å². The number of fused-ring (bicyclic) bond motifs is 1. The van der Waals surface area contributed by atoms with Gasteiger partial charge in [-0.05, 0) is 83.0 Å². The average molecular weight is 580 g/mol. The monoisotopic (exact) mass is 578 g/mol. The fraction of sp³-hybridized carbons (Fsp3) is 0.125. The Bertz CT molecular complexity index is 1410. The summed E-state index contributed by atoms with van der Waals surface area (Å²) in [6, 6.07) is 14.2. The minimum absolute atomic E-state index is 0.0676. The summed E-state index contributed by atoms with van der Waals surface area (Å²) < 4.78 is 45.0. The number of rotatable bonds is 8. The van der Waals surface area contributed by atoms with E-state index in [-0.39, 0.29) is 22.4 Å². The van der Waals surface area contributed by atoms with Crippen LogP contribution in [0.1, 0.15) is 12.5 Å². The van der Waals surface area contributed by atoms with Gasteiger partial charge in [0, 0.05) is 6.08 Å². The van der Waals surface area contributed by atoms with Gasteiger partial charge in [-0.2, -0.15) is 0 Å². The van der Waals surface area contributed by atoms with Crippen molar-refractivity contribution in [2.45, 2.75) is 11.8 Å². The molecule has 182 valence electrons. The second-order valence-corrected chi connectivity index (χ2v) is 10.2. The van der Waals surface area contributed by atoms with Crippen molar-refractivity contribution >= 4 is 60.9 Å². The minimum atomic E-state index is -3.96. The number of amides is 1. The average Bonchev–Trinajstić information content (AvgIpc) is 3.29.